The fraction of sp³-hybridized carbons (Fsp3) is 0.630. The Labute approximate surface area is 188 Å². The first-order valence-corrected chi connectivity index (χ1v) is 12.6. The van der Waals surface area contributed by atoms with Crippen molar-refractivity contribution in [3.63, 3.8) is 0 Å². The number of carbonyl (C=O) groups is 1. The van der Waals surface area contributed by atoms with Crippen molar-refractivity contribution in [2.75, 3.05) is 13.2 Å². The Hall–Kier alpha value is -2.10. The third-order valence-electron chi connectivity index (χ3n) is 6.26. The number of ether oxygens (including phenoxy) is 1. The minimum Gasteiger partial charge on any atom is -0.494 e. The van der Waals surface area contributed by atoms with Crippen LogP contribution in [0.5, 0.6) is 5.75 Å². The van der Waals surface area contributed by atoms with Crippen LogP contribution < -0.4 is 4.74 Å². The molecule has 4 heteroatoms. The van der Waals surface area contributed by atoms with Crippen molar-refractivity contribution in [2.24, 2.45) is 4.99 Å². The van der Waals surface area contributed by atoms with E-state index in [4.69, 9.17) is 4.74 Å². The molecule has 0 N–H and O–H groups in total. The highest BCUT2D eigenvalue weighted by Gasteiger charge is 2.30. The topological polar surface area (TPSA) is 41.9 Å². The minimum absolute atomic E-state index is 0.0539. The molecule has 2 heterocycles. The van der Waals surface area contributed by atoms with Gasteiger partial charge in [-0.25, -0.2) is 4.99 Å². The van der Waals surface area contributed by atoms with Gasteiger partial charge in [0.1, 0.15) is 17.3 Å². The first-order chi connectivity index (χ1) is 15.3. The first kappa shape index (κ1) is 23.6. The number of carbonyl (C=O) groups excluding carboxylic acids is 1. The van der Waals surface area contributed by atoms with Gasteiger partial charge in [0, 0.05) is 13.0 Å². The van der Waals surface area contributed by atoms with Crippen molar-refractivity contribution < 1.29 is 9.53 Å². The molecule has 2 aliphatic heterocycles. The maximum absolute atomic E-state index is 12.6. The number of aliphatic imine (C=N–C) groups is 1. The first-order valence-electron chi connectivity index (χ1n) is 12.6. The van der Waals surface area contributed by atoms with Crippen LogP contribution in [0, 0.1) is 0 Å². The third kappa shape index (κ3) is 7.83. The van der Waals surface area contributed by atoms with Gasteiger partial charge in [0.25, 0.3) is 5.91 Å². The Morgan fingerprint density at radius 3 is 2.29 bits per heavy atom. The van der Waals surface area contributed by atoms with Gasteiger partial charge in [-0.2, -0.15) is 0 Å². The normalized spacial score (nSPS) is 17.6. The van der Waals surface area contributed by atoms with Gasteiger partial charge in [-0.05, 0) is 43.0 Å². The fourth-order valence-electron chi connectivity index (χ4n) is 4.35. The number of hydrogen-bond acceptors (Lipinski definition) is 3. The van der Waals surface area contributed by atoms with Gasteiger partial charge < -0.3 is 4.74 Å². The van der Waals surface area contributed by atoms with Crippen molar-refractivity contribution in [3.8, 4) is 5.75 Å². The second-order valence-corrected chi connectivity index (χ2v) is 8.92. The van der Waals surface area contributed by atoms with Gasteiger partial charge in [-0.3, -0.25) is 9.69 Å². The number of unbranched alkanes of at least 4 members (excludes halogenated alkanes) is 9. The number of hydrogen-bond donors (Lipinski definition) is 0. The fourth-order valence-corrected chi connectivity index (χ4v) is 4.35. The average molecular weight is 425 g/mol. The van der Waals surface area contributed by atoms with Crippen LogP contribution >= 0.6 is 0 Å². The van der Waals surface area contributed by atoms with Crippen LogP contribution in [0.4, 0.5) is 0 Å². The summed E-state index contributed by atoms with van der Waals surface area (Å²) in [6.07, 6.45) is 19.5. The summed E-state index contributed by atoms with van der Waals surface area (Å²) >= 11 is 0. The monoisotopic (exact) mass is 424 g/mol. The summed E-state index contributed by atoms with van der Waals surface area (Å²) in [5, 5.41) is 0. The zero-order valence-corrected chi connectivity index (χ0v) is 19.4. The number of rotatable bonds is 13. The number of fused-ring (bicyclic) bond motifs is 1. The Morgan fingerprint density at radius 1 is 0.903 bits per heavy atom. The molecule has 0 aromatic heterocycles. The molecule has 0 spiro atoms. The van der Waals surface area contributed by atoms with E-state index in [1.807, 2.05) is 35.2 Å². The largest absolute Gasteiger partial charge is 0.494 e. The molecule has 1 aromatic rings. The van der Waals surface area contributed by atoms with Gasteiger partial charge in [0.2, 0.25) is 0 Å². The number of nitrogens with zero attached hydrogens (tertiary/aromatic N) is 2. The summed E-state index contributed by atoms with van der Waals surface area (Å²) in [4.78, 5) is 19.1. The molecule has 3 rings (SSSR count). The van der Waals surface area contributed by atoms with Gasteiger partial charge in [-0.1, -0.05) is 83.3 Å². The van der Waals surface area contributed by atoms with Gasteiger partial charge in [-0.15, -0.1) is 0 Å². The molecule has 1 fully saturated rings. The molecule has 0 radical (unpaired) electrons. The molecule has 4 nitrogen and oxygen atoms in total. The lowest BCUT2D eigenvalue weighted by atomic mass is 10.1. The molecule has 0 saturated carbocycles. The Balaban J connectivity index is 1.33. The number of amidine groups is 1. The maximum Gasteiger partial charge on any atom is 0.277 e. The van der Waals surface area contributed by atoms with Gasteiger partial charge in [0.15, 0.2) is 0 Å². The van der Waals surface area contributed by atoms with Crippen molar-refractivity contribution in [1.82, 2.24) is 4.90 Å². The average Bonchev–Trinajstić information content (AvgIpc) is 2.94. The molecular weight excluding hydrogens is 384 g/mol. The zero-order chi connectivity index (χ0) is 21.7. The highest BCUT2D eigenvalue weighted by Crippen LogP contribution is 2.24. The summed E-state index contributed by atoms with van der Waals surface area (Å²) in [5.41, 5.74) is 1.56. The van der Waals surface area contributed by atoms with Gasteiger partial charge >= 0.3 is 0 Å². The van der Waals surface area contributed by atoms with Crippen LogP contribution in [-0.2, 0) is 4.79 Å². The van der Waals surface area contributed by atoms with E-state index in [9.17, 15) is 4.79 Å². The van der Waals surface area contributed by atoms with E-state index >= 15 is 0 Å². The molecule has 1 amide bonds. The summed E-state index contributed by atoms with van der Waals surface area (Å²) in [5.74, 6) is 1.90. The summed E-state index contributed by atoms with van der Waals surface area (Å²) in [6.45, 7) is 3.85. The van der Waals surface area contributed by atoms with E-state index < -0.39 is 0 Å². The lowest BCUT2D eigenvalue weighted by Gasteiger charge is -2.14. The van der Waals surface area contributed by atoms with E-state index in [1.54, 1.807) is 0 Å². The van der Waals surface area contributed by atoms with Crippen molar-refractivity contribution in [1.29, 1.82) is 0 Å². The van der Waals surface area contributed by atoms with E-state index in [-0.39, 0.29) is 5.91 Å². The predicted molar refractivity (Wildman–Crippen MR) is 129 cm³/mol. The predicted octanol–water partition coefficient (Wildman–Crippen LogP) is 7.14. The molecule has 31 heavy (non-hydrogen) atoms. The maximum atomic E-state index is 12.6. The van der Waals surface area contributed by atoms with E-state index in [2.05, 4.69) is 11.9 Å². The van der Waals surface area contributed by atoms with Crippen LogP contribution in [0.1, 0.15) is 102 Å². The lowest BCUT2D eigenvalue weighted by molar-refractivity contribution is -0.122. The van der Waals surface area contributed by atoms with Gasteiger partial charge in [0.05, 0.1) is 6.61 Å². The quantitative estimate of drug-likeness (QED) is 0.249. The summed E-state index contributed by atoms with van der Waals surface area (Å²) < 4.78 is 5.89. The van der Waals surface area contributed by atoms with Crippen LogP contribution in [0.15, 0.2) is 35.0 Å². The minimum atomic E-state index is 0.0539. The molecule has 1 aromatic carbocycles. The zero-order valence-electron chi connectivity index (χ0n) is 19.4. The molecule has 0 aliphatic carbocycles. The number of amides is 1. The smallest absolute Gasteiger partial charge is 0.277 e. The molecule has 2 aliphatic rings. The molecular formula is C27H40N2O2. The second kappa shape index (κ2) is 13.3. The van der Waals surface area contributed by atoms with Crippen molar-refractivity contribution in [3.05, 3.63) is 35.5 Å². The van der Waals surface area contributed by atoms with Crippen LogP contribution in [0.3, 0.4) is 0 Å². The Kier molecular flexibility index (Phi) is 10.1. The molecule has 0 unspecified atom stereocenters. The Morgan fingerprint density at radius 2 is 1.58 bits per heavy atom. The molecule has 0 bridgehead atoms. The SMILES string of the molecule is CCCCCCCCCCCCOc1ccc(/C=C2\N=C3CCCCCN3C2=O)cc1. The summed E-state index contributed by atoms with van der Waals surface area (Å²) in [7, 11) is 0. The van der Waals surface area contributed by atoms with E-state index in [0.717, 1.165) is 56.0 Å². The molecule has 170 valence electrons. The molecule has 0 atom stereocenters. The van der Waals surface area contributed by atoms with Crippen LogP contribution in [0.2, 0.25) is 0 Å². The third-order valence-corrected chi connectivity index (χ3v) is 6.26. The lowest BCUT2D eigenvalue weighted by Crippen LogP contribution is -2.31. The highest BCUT2D eigenvalue weighted by molar-refractivity contribution is 6.14. The highest BCUT2D eigenvalue weighted by atomic mass is 16.5. The van der Waals surface area contributed by atoms with E-state index in [1.165, 1.54) is 64.2 Å². The number of benzene rings is 1. The van der Waals surface area contributed by atoms with Crippen molar-refractivity contribution in [2.45, 2.75) is 96.8 Å². The van der Waals surface area contributed by atoms with Crippen molar-refractivity contribution >= 4 is 17.8 Å². The van der Waals surface area contributed by atoms with E-state index in [0.29, 0.717) is 5.70 Å². The standard InChI is InChI=1S/C27H40N2O2/c1-2-3-4-5-6-7-8-9-10-14-21-31-24-18-16-23(17-19-24)22-25-27(30)29-20-13-11-12-15-26(29)28-25/h16-19,22H,2-15,20-21H2,1H3/b25-22-. The summed E-state index contributed by atoms with van der Waals surface area (Å²) in [6, 6.07) is 8.01. The second-order valence-electron chi connectivity index (χ2n) is 8.92. The Bertz CT molecular complexity index is 736. The van der Waals surface area contributed by atoms with Crippen LogP contribution in [0.25, 0.3) is 6.08 Å². The molecule has 1 saturated heterocycles. The van der Waals surface area contributed by atoms with Crippen LogP contribution in [-0.4, -0.2) is 29.8 Å².